The van der Waals surface area contributed by atoms with Gasteiger partial charge in [0.05, 0.1) is 20.3 Å². The second-order valence-electron chi connectivity index (χ2n) is 8.65. The van der Waals surface area contributed by atoms with E-state index in [-0.39, 0.29) is 6.04 Å². The molecule has 0 saturated carbocycles. The molecule has 3 rings (SSSR count). The minimum absolute atomic E-state index is 0.0437. The molecule has 1 unspecified atom stereocenters. The summed E-state index contributed by atoms with van der Waals surface area (Å²) in [5, 5.41) is 5.55. The molecular weight excluding hydrogens is 432 g/mol. The highest BCUT2D eigenvalue weighted by molar-refractivity contribution is 6.35. The van der Waals surface area contributed by atoms with E-state index in [4.69, 9.17) is 9.47 Å². The summed E-state index contributed by atoms with van der Waals surface area (Å²) in [6.45, 7) is 2.73. The molecule has 1 heterocycles. The maximum atomic E-state index is 12.5. The molecule has 0 bridgehead atoms. The fourth-order valence-electron chi connectivity index (χ4n) is 4.21. The predicted octanol–water partition coefficient (Wildman–Crippen LogP) is 2.38. The van der Waals surface area contributed by atoms with Crippen LogP contribution < -0.4 is 25.0 Å². The second kappa shape index (κ2) is 12.3. The number of ether oxygens (including phenoxy) is 2. The van der Waals surface area contributed by atoms with E-state index in [0.29, 0.717) is 31.0 Å². The normalized spacial score (nSPS) is 14.4. The molecule has 1 aliphatic rings. The summed E-state index contributed by atoms with van der Waals surface area (Å²) in [5.41, 5.74) is 3.25. The molecule has 0 spiro atoms. The van der Waals surface area contributed by atoms with Gasteiger partial charge in [0.25, 0.3) is 0 Å². The summed E-state index contributed by atoms with van der Waals surface area (Å²) in [6.07, 6.45) is 2.88. The number of methoxy groups -OCH3 is 2. The first-order chi connectivity index (χ1) is 16.4. The largest absolute Gasteiger partial charge is 0.493 e. The van der Waals surface area contributed by atoms with Crippen molar-refractivity contribution in [1.29, 1.82) is 0 Å². The number of benzene rings is 2. The van der Waals surface area contributed by atoms with Gasteiger partial charge in [0.1, 0.15) is 0 Å². The molecule has 2 aromatic rings. The fraction of sp³-hybridized carbons (Fsp3) is 0.462. The Morgan fingerprint density at radius 2 is 1.59 bits per heavy atom. The van der Waals surface area contributed by atoms with Crippen LogP contribution >= 0.6 is 0 Å². The molecule has 0 aromatic heterocycles. The molecule has 1 aliphatic heterocycles. The number of hydrogen-bond acceptors (Lipinski definition) is 6. The molecular formula is C26H36N4O4. The number of carbonyl (C=O) groups is 2. The number of rotatable bonds is 10. The summed E-state index contributed by atoms with van der Waals surface area (Å²) in [4.78, 5) is 29.3. The third kappa shape index (κ3) is 6.63. The van der Waals surface area contributed by atoms with Crippen LogP contribution in [-0.4, -0.2) is 71.2 Å². The molecule has 1 atom stereocenters. The summed E-state index contributed by atoms with van der Waals surface area (Å²) >= 11 is 0. The van der Waals surface area contributed by atoms with Gasteiger partial charge in [0.15, 0.2) is 11.5 Å². The Labute approximate surface area is 202 Å². The van der Waals surface area contributed by atoms with Crippen molar-refractivity contribution in [2.75, 3.05) is 59.4 Å². The lowest BCUT2D eigenvalue weighted by molar-refractivity contribution is -0.139. The van der Waals surface area contributed by atoms with Gasteiger partial charge in [0, 0.05) is 32.9 Å². The van der Waals surface area contributed by atoms with E-state index < -0.39 is 11.8 Å². The van der Waals surface area contributed by atoms with Crippen molar-refractivity contribution in [1.82, 2.24) is 15.5 Å². The molecule has 2 amide bonds. The van der Waals surface area contributed by atoms with Crippen LogP contribution in [0.1, 0.15) is 30.0 Å². The molecule has 34 heavy (non-hydrogen) atoms. The molecule has 8 nitrogen and oxygen atoms in total. The summed E-state index contributed by atoms with van der Waals surface area (Å²) in [6, 6.07) is 14.0. The van der Waals surface area contributed by atoms with Gasteiger partial charge in [-0.2, -0.15) is 0 Å². The third-order valence-corrected chi connectivity index (χ3v) is 6.19. The standard InChI is InChI=1S/C26H36N4O4/c1-29(2)21-10-8-20(9-11-21)22(30-15-5-6-16-30)18-28-26(32)25(31)27-14-13-19-7-12-23(33-3)24(17-19)34-4/h7-12,17,22H,5-6,13-16,18H2,1-4H3,(H,27,31)(H,28,32). The van der Waals surface area contributed by atoms with Crippen LogP contribution in [0, 0.1) is 0 Å². The van der Waals surface area contributed by atoms with Crippen molar-refractivity contribution in [3.05, 3.63) is 53.6 Å². The van der Waals surface area contributed by atoms with Crippen LogP contribution in [-0.2, 0) is 16.0 Å². The van der Waals surface area contributed by atoms with E-state index in [1.54, 1.807) is 14.2 Å². The highest BCUT2D eigenvalue weighted by atomic mass is 16.5. The van der Waals surface area contributed by atoms with Crippen LogP contribution in [0.4, 0.5) is 5.69 Å². The van der Waals surface area contributed by atoms with E-state index >= 15 is 0 Å². The molecule has 184 valence electrons. The highest BCUT2D eigenvalue weighted by Crippen LogP contribution is 2.28. The SMILES string of the molecule is COc1ccc(CCNC(=O)C(=O)NCC(c2ccc(N(C)C)cc2)N2CCCC2)cc1OC. The lowest BCUT2D eigenvalue weighted by Gasteiger charge is -2.28. The highest BCUT2D eigenvalue weighted by Gasteiger charge is 2.25. The quantitative estimate of drug-likeness (QED) is 0.521. The average molecular weight is 469 g/mol. The molecule has 0 radical (unpaired) electrons. The molecule has 0 aliphatic carbocycles. The van der Waals surface area contributed by atoms with Crippen molar-refractivity contribution in [2.24, 2.45) is 0 Å². The fourth-order valence-corrected chi connectivity index (χ4v) is 4.21. The summed E-state index contributed by atoms with van der Waals surface area (Å²) < 4.78 is 10.6. The third-order valence-electron chi connectivity index (χ3n) is 6.19. The topological polar surface area (TPSA) is 83.1 Å². The maximum absolute atomic E-state index is 12.5. The minimum Gasteiger partial charge on any atom is -0.493 e. The van der Waals surface area contributed by atoms with Crippen LogP contribution in [0.2, 0.25) is 0 Å². The van der Waals surface area contributed by atoms with Crippen molar-refractivity contribution < 1.29 is 19.1 Å². The lowest BCUT2D eigenvalue weighted by atomic mass is 10.0. The van der Waals surface area contributed by atoms with Crippen molar-refractivity contribution in [2.45, 2.75) is 25.3 Å². The summed E-state index contributed by atoms with van der Waals surface area (Å²) in [5.74, 6) is 0.0548. The van der Waals surface area contributed by atoms with Crippen LogP contribution in [0.25, 0.3) is 0 Å². The minimum atomic E-state index is -0.622. The zero-order valence-corrected chi connectivity index (χ0v) is 20.6. The van der Waals surface area contributed by atoms with E-state index in [1.165, 1.54) is 0 Å². The van der Waals surface area contributed by atoms with Crippen molar-refractivity contribution in [3.63, 3.8) is 0 Å². The van der Waals surface area contributed by atoms with Gasteiger partial charge in [-0.3, -0.25) is 14.5 Å². The Kier molecular flexibility index (Phi) is 9.16. The first-order valence-electron chi connectivity index (χ1n) is 11.7. The van der Waals surface area contributed by atoms with Crippen LogP contribution in [0.3, 0.4) is 0 Å². The number of carbonyl (C=O) groups excluding carboxylic acids is 2. The zero-order chi connectivity index (χ0) is 24.5. The number of hydrogen-bond donors (Lipinski definition) is 2. The maximum Gasteiger partial charge on any atom is 0.309 e. The Morgan fingerprint density at radius 3 is 2.21 bits per heavy atom. The number of anilines is 1. The zero-order valence-electron chi connectivity index (χ0n) is 20.6. The second-order valence-corrected chi connectivity index (χ2v) is 8.65. The number of likely N-dealkylation sites (tertiary alicyclic amines) is 1. The Hall–Kier alpha value is -3.26. The van der Waals surface area contributed by atoms with Crippen molar-refractivity contribution >= 4 is 17.5 Å². The molecule has 2 N–H and O–H groups in total. The summed E-state index contributed by atoms with van der Waals surface area (Å²) in [7, 11) is 7.19. The lowest BCUT2D eigenvalue weighted by Crippen LogP contribution is -2.44. The molecule has 1 saturated heterocycles. The molecule has 2 aromatic carbocycles. The monoisotopic (exact) mass is 468 g/mol. The smallest absolute Gasteiger partial charge is 0.309 e. The van der Waals surface area contributed by atoms with E-state index in [9.17, 15) is 9.59 Å². The first-order valence-corrected chi connectivity index (χ1v) is 11.7. The number of nitrogens with one attached hydrogen (secondary N) is 2. The average Bonchev–Trinajstić information content (AvgIpc) is 3.38. The number of amides is 2. The predicted molar refractivity (Wildman–Crippen MR) is 134 cm³/mol. The van der Waals surface area contributed by atoms with Gasteiger partial charge in [-0.25, -0.2) is 0 Å². The van der Waals surface area contributed by atoms with Crippen molar-refractivity contribution in [3.8, 4) is 11.5 Å². The molecule has 1 fully saturated rings. The first kappa shape index (κ1) is 25.4. The van der Waals surface area contributed by atoms with Crippen LogP contribution in [0.5, 0.6) is 11.5 Å². The molecule has 8 heteroatoms. The van der Waals surface area contributed by atoms with Gasteiger partial charge in [-0.1, -0.05) is 18.2 Å². The van der Waals surface area contributed by atoms with Gasteiger partial charge < -0.3 is 25.0 Å². The Balaban J connectivity index is 1.53. The Morgan fingerprint density at radius 1 is 0.941 bits per heavy atom. The van der Waals surface area contributed by atoms with Gasteiger partial charge in [0.2, 0.25) is 0 Å². The number of nitrogens with zero attached hydrogens (tertiary/aromatic N) is 2. The van der Waals surface area contributed by atoms with Gasteiger partial charge in [-0.15, -0.1) is 0 Å². The van der Waals surface area contributed by atoms with Gasteiger partial charge >= 0.3 is 11.8 Å². The van der Waals surface area contributed by atoms with E-state index in [0.717, 1.165) is 42.7 Å². The van der Waals surface area contributed by atoms with E-state index in [1.807, 2.05) is 32.3 Å². The van der Waals surface area contributed by atoms with E-state index in [2.05, 4.69) is 44.7 Å². The van der Waals surface area contributed by atoms with Crippen LogP contribution in [0.15, 0.2) is 42.5 Å². The Bertz CT molecular complexity index is 956. The van der Waals surface area contributed by atoms with Gasteiger partial charge in [-0.05, 0) is 67.7 Å².